The van der Waals surface area contributed by atoms with E-state index in [9.17, 15) is 0 Å². The SMILES string of the molecule is CCCCc1ccc2ccc(-n3c4ccccc4c4cc(-c5ccc6c(c5)c5ccccc5n6-c5cccc6sc7ccc(-c8ccccc8)cc7c56)ccc43)cc2c1. The zero-order valence-corrected chi connectivity index (χ0v) is 33.6. The van der Waals surface area contributed by atoms with Crippen LogP contribution in [0.5, 0.6) is 0 Å². The van der Waals surface area contributed by atoms with Crippen molar-refractivity contribution in [1.29, 1.82) is 0 Å². The Balaban J connectivity index is 1.01. The lowest BCUT2D eigenvalue weighted by Gasteiger charge is -2.12. The largest absolute Gasteiger partial charge is 0.309 e. The minimum Gasteiger partial charge on any atom is -0.309 e. The molecular weight excluding hydrogens is 733 g/mol. The van der Waals surface area contributed by atoms with Crippen LogP contribution in [0.15, 0.2) is 188 Å². The minimum absolute atomic E-state index is 1.12. The molecule has 0 fully saturated rings. The van der Waals surface area contributed by atoms with Gasteiger partial charge in [-0.05, 0) is 124 Å². The minimum atomic E-state index is 1.12. The van der Waals surface area contributed by atoms with Crippen molar-refractivity contribution < 1.29 is 0 Å². The first-order valence-corrected chi connectivity index (χ1v) is 21.6. The summed E-state index contributed by atoms with van der Waals surface area (Å²) in [6.45, 7) is 2.26. The van der Waals surface area contributed by atoms with Gasteiger partial charge in [-0.25, -0.2) is 0 Å². The maximum Gasteiger partial charge on any atom is 0.0555 e. The molecule has 0 atom stereocenters. The second-order valence-electron chi connectivity index (χ2n) is 16.0. The number of rotatable bonds is 7. The molecule has 9 aromatic carbocycles. The van der Waals surface area contributed by atoms with Crippen LogP contribution in [0.3, 0.4) is 0 Å². The molecule has 12 rings (SSSR count). The van der Waals surface area contributed by atoms with Gasteiger partial charge in [-0.2, -0.15) is 0 Å². The number of hydrogen-bond acceptors (Lipinski definition) is 1. The van der Waals surface area contributed by atoms with Crippen LogP contribution in [0.2, 0.25) is 0 Å². The Kier molecular flexibility index (Phi) is 7.86. The van der Waals surface area contributed by atoms with Gasteiger partial charge in [0.1, 0.15) is 0 Å². The van der Waals surface area contributed by atoms with Crippen LogP contribution < -0.4 is 0 Å². The number of unbranched alkanes of at least 4 members (excludes halogenated alkanes) is 1. The molecule has 0 saturated heterocycles. The molecular formula is C56H40N2S. The highest BCUT2D eigenvalue weighted by atomic mass is 32.1. The molecule has 0 aliphatic rings. The van der Waals surface area contributed by atoms with Crippen molar-refractivity contribution in [2.45, 2.75) is 26.2 Å². The Bertz CT molecular complexity index is 3600. The van der Waals surface area contributed by atoms with Crippen LogP contribution in [0.1, 0.15) is 25.3 Å². The third kappa shape index (κ3) is 5.46. The molecule has 0 spiro atoms. The van der Waals surface area contributed by atoms with Gasteiger partial charge < -0.3 is 9.13 Å². The number of fused-ring (bicyclic) bond motifs is 10. The summed E-state index contributed by atoms with van der Waals surface area (Å²) < 4.78 is 7.55. The third-order valence-electron chi connectivity index (χ3n) is 12.5. The quantitative estimate of drug-likeness (QED) is 0.153. The van der Waals surface area contributed by atoms with Gasteiger partial charge in [-0.15, -0.1) is 11.3 Å². The average molecular weight is 773 g/mol. The van der Waals surface area contributed by atoms with Crippen LogP contribution in [0.25, 0.3) is 108 Å². The molecule has 0 saturated carbocycles. The maximum absolute atomic E-state index is 2.49. The fraction of sp³-hybridized carbons (Fsp3) is 0.0714. The van der Waals surface area contributed by atoms with Crippen LogP contribution >= 0.6 is 11.3 Å². The van der Waals surface area contributed by atoms with Crippen molar-refractivity contribution in [3.63, 3.8) is 0 Å². The summed E-state index contributed by atoms with van der Waals surface area (Å²) in [5, 5.41) is 10.3. The number of nitrogens with zero attached hydrogens (tertiary/aromatic N) is 2. The number of benzene rings is 9. The molecule has 2 nitrogen and oxygen atoms in total. The van der Waals surface area contributed by atoms with Gasteiger partial charge in [-0.1, -0.05) is 129 Å². The lowest BCUT2D eigenvalue weighted by atomic mass is 10.0. The molecule has 0 bridgehead atoms. The molecule has 3 heteroatoms. The Labute approximate surface area is 346 Å². The topological polar surface area (TPSA) is 9.86 Å². The Morgan fingerprint density at radius 2 is 1.03 bits per heavy atom. The maximum atomic E-state index is 2.49. The third-order valence-corrected chi connectivity index (χ3v) is 13.6. The van der Waals surface area contributed by atoms with E-state index in [1.54, 1.807) is 0 Å². The normalized spacial score (nSPS) is 12.0. The van der Waals surface area contributed by atoms with E-state index in [-0.39, 0.29) is 0 Å². The smallest absolute Gasteiger partial charge is 0.0555 e. The van der Waals surface area contributed by atoms with Crippen molar-refractivity contribution in [3.05, 3.63) is 194 Å². The van der Waals surface area contributed by atoms with Gasteiger partial charge in [0.05, 0.1) is 27.8 Å². The summed E-state index contributed by atoms with van der Waals surface area (Å²) in [6.07, 6.45) is 3.55. The second-order valence-corrected chi connectivity index (χ2v) is 17.1. The molecule has 3 aromatic heterocycles. The molecule has 280 valence electrons. The van der Waals surface area contributed by atoms with Gasteiger partial charge in [0.15, 0.2) is 0 Å². The first-order valence-electron chi connectivity index (χ1n) is 20.8. The molecule has 0 N–H and O–H groups in total. The van der Waals surface area contributed by atoms with E-state index in [0.717, 1.165) is 6.42 Å². The first-order chi connectivity index (χ1) is 29.2. The molecule has 3 heterocycles. The molecule has 59 heavy (non-hydrogen) atoms. The van der Waals surface area contributed by atoms with Gasteiger partial charge in [0.25, 0.3) is 0 Å². The summed E-state index contributed by atoms with van der Waals surface area (Å²) >= 11 is 1.88. The summed E-state index contributed by atoms with van der Waals surface area (Å²) in [5.41, 5.74) is 13.6. The highest BCUT2D eigenvalue weighted by molar-refractivity contribution is 7.25. The number of para-hydroxylation sites is 2. The fourth-order valence-corrected chi connectivity index (χ4v) is 10.7. The van der Waals surface area contributed by atoms with Gasteiger partial charge in [-0.3, -0.25) is 0 Å². The first kappa shape index (κ1) is 34.1. The van der Waals surface area contributed by atoms with E-state index in [2.05, 4.69) is 204 Å². The molecule has 0 unspecified atom stereocenters. The Morgan fingerprint density at radius 3 is 1.80 bits per heavy atom. The highest BCUT2D eigenvalue weighted by Crippen LogP contribution is 2.43. The predicted molar refractivity (Wildman–Crippen MR) is 255 cm³/mol. The monoisotopic (exact) mass is 772 g/mol. The van der Waals surface area contributed by atoms with E-state index in [4.69, 9.17) is 0 Å². The van der Waals surface area contributed by atoms with Crippen LogP contribution in [0.4, 0.5) is 0 Å². The summed E-state index contributed by atoms with van der Waals surface area (Å²) in [5.74, 6) is 0. The number of aromatic nitrogens is 2. The van der Waals surface area contributed by atoms with Gasteiger partial charge >= 0.3 is 0 Å². The molecule has 0 radical (unpaired) electrons. The lowest BCUT2D eigenvalue weighted by molar-refractivity contribution is 0.796. The number of aryl methyl sites for hydroxylation is 1. The molecule has 0 amide bonds. The summed E-state index contributed by atoms with van der Waals surface area (Å²) in [4.78, 5) is 0. The fourth-order valence-electron chi connectivity index (χ4n) is 9.61. The molecule has 0 aliphatic heterocycles. The second kappa shape index (κ2) is 13.6. The Morgan fingerprint density at radius 1 is 0.407 bits per heavy atom. The van der Waals surface area contributed by atoms with Crippen molar-refractivity contribution in [1.82, 2.24) is 9.13 Å². The van der Waals surface area contributed by atoms with E-state index in [1.807, 2.05) is 11.3 Å². The number of hydrogen-bond donors (Lipinski definition) is 0. The van der Waals surface area contributed by atoms with Crippen molar-refractivity contribution in [3.8, 4) is 33.6 Å². The lowest BCUT2D eigenvalue weighted by Crippen LogP contribution is -1.95. The molecule has 12 aromatic rings. The summed E-state index contributed by atoms with van der Waals surface area (Å²) in [6, 6.07) is 70.2. The van der Waals surface area contributed by atoms with Crippen LogP contribution in [-0.2, 0) is 6.42 Å². The predicted octanol–water partition coefficient (Wildman–Crippen LogP) is 16.1. The van der Waals surface area contributed by atoms with Crippen molar-refractivity contribution >= 4 is 85.9 Å². The summed E-state index contributed by atoms with van der Waals surface area (Å²) in [7, 11) is 0. The van der Waals surface area contributed by atoms with Crippen LogP contribution in [0, 0.1) is 0 Å². The van der Waals surface area contributed by atoms with E-state index in [1.165, 1.54) is 127 Å². The standard InChI is InChI=1S/C56H40N2S/c1-2-3-12-36-21-22-38-23-27-43(32-42(38)31-36)57-49-17-9-7-15-44(49)46-33-40(24-28-51(46)57)41-25-29-52-47(34-41)45-16-8-10-18-50(45)58(52)53-19-11-20-55-56(53)48-35-39(26-30-54(48)59-55)37-13-5-4-6-14-37/h4-11,13-35H,2-3,12H2,1H3. The van der Waals surface area contributed by atoms with Gasteiger partial charge in [0, 0.05) is 47.4 Å². The van der Waals surface area contributed by atoms with Gasteiger partial charge in [0.2, 0.25) is 0 Å². The zero-order chi connectivity index (χ0) is 39.0. The zero-order valence-electron chi connectivity index (χ0n) is 32.8. The van der Waals surface area contributed by atoms with E-state index in [0.29, 0.717) is 0 Å². The van der Waals surface area contributed by atoms with E-state index < -0.39 is 0 Å². The van der Waals surface area contributed by atoms with E-state index >= 15 is 0 Å². The average Bonchev–Trinajstić information content (AvgIpc) is 3.95. The number of thiophene rings is 1. The Hall–Kier alpha value is -6.94. The van der Waals surface area contributed by atoms with Crippen molar-refractivity contribution in [2.75, 3.05) is 0 Å². The van der Waals surface area contributed by atoms with Crippen LogP contribution in [-0.4, -0.2) is 9.13 Å². The van der Waals surface area contributed by atoms with Crippen molar-refractivity contribution in [2.24, 2.45) is 0 Å². The highest BCUT2D eigenvalue weighted by Gasteiger charge is 2.19. The molecule has 0 aliphatic carbocycles.